The highest BCUT2D eigenvalue weighted by Gasteiger charge is 2.22. The molecule has 0 saturated carbocycles. The average molecular weight is 340 g/mol. The third kappa shape index (κ3) is 4.91. The lowest BCUT2D eigenvalue weighted by Gasteiger charge is -2.07. The maximum atomic E-state index is 14.0. The Labute approximate surface area is 137 Å². The van der Waals surface area contributed by atoms with Crippen LogP contribution < -0.4 is 0 Å². The van der Waals surface area contributed by atoms with Crippen LogP contribution in [0.1, 0.15) is 30.9 Å². The van der Waals surface area contributed by atoms with Crippen molar-refractivity contribution < 1.29 is 22.0 Å². The first-order chi connectivity index (χ1) is 11.3. The molecule has 0 fully saturated rings. The largest absolute Gasteiger partial charge is 0.409 e. The summed E-state index contributed by atoms with van der Waals surface area (Å²) in [5.74, 6) is -2.05. The molecule has 0 bridgehead atoms. The molecule has 0 unspecified atom stereocenters. The third-order valence-electron chi connectivity index (χ3n) is 3.62. The van der Waals surface area contributed by atoms with E-state index >= 15 is 0 Å². The van der Waals surface area contributed by atoms with E-state index in [4.69, 9.17) is 0 Å². The van der Waals surface area contributed by atoms with E-state index in [2.05, 4.69) is 6.92 Å². The van der Waals surface area contributed by atoms with Crippen LogP contribution >= 0.6 is 0 Å². The number of hydrogen-bond donors (Lipinski definition) is 0. The Morgan fingerprint density at radius 2 is 1.50 bits per heavy atom. The van der Waals surface area contributed by atoms with Gasteiger partial charge in [0.25, 0.3) is 0 Å². The van der Waals surface area contributed by atoms with Gasteiger partial charge in [0.15, 0.2) is 0 Å². The average Bonchev–Trinajstić information content (AvgIpc) is 2.51. The highest BCUT2D eigenvalue weighted by atomic mass is 19.4. The summed E-state index contributed by atoms with van der Waals surface area (Å²) in [5.41, 5.74) is 1.33. The molecule has 2 aromatic carbocycles. The molecule has 0 amide bonds. The van der Waals surface area contributed by atoms with Crippen LogP contribution in [0.2, 0.25) is 0 Å². The van der Waals surface area contributed by atoms with Gasteiger partial charge < -0.3 is 0 Å². The van der Waals surface area contributed by atoms with Crippen molar-refractivity contribution in [2.24, 2.45) is 0 Å². The zero-order valence-corrected chi connectivity index (χ0v) is 13.1. The molecule has 0 nitrogen and oxygen atoms in total. The van der Waals surface area contributed by atoms with E-state index in [1.165, 1.54) is 0 Å². The number of aryl methyl sites for hydroxylation is 1. The number of halogens is 5. The number of alkyl halides is 3. The molecule has 0 aliphatic carbocycles. The van der Waals surface area contributed by atoms with Gasteiger partial charge in [-0.05, 0) is 47.7 Å². The molecule has 24 heavy (non-hydrogen) atoms. The van der Waals surface area contributed by atoms with Gasteiger partial charge in [0.05, 0.1) is 0 Å². The summed E-state index contributed by atoms with van der Waals surface area (Å²) in [6.45, 7) is 2.09. The molecule has 2 aromatic rings. The lowest BCUT2D eigenvalue weighted by molar-refractivity contribution is -0.0790. The monoisotopic (exact) mass is 340 g/mol. The minimum Gasteiger partial charge on any atom is -0.206 e. The summed E-state index contributed by atoms with van der Waals surface area (Å²) < 4.78 is 64.3. The molecule has 0 saturated heterocycles. The van der Waals surface area contributed by atoms with Crippen molar-refractivity contribution >= 4 is 6.08 Å². The van der Waals surface area contributed by atoms with Gasteiger partial charge in [-0.1, -0.05) is 37.6 Å². The molecule has 0 radical (unpaired) electrons. The maximum absolute atomic E-state index is 14.0. The van der Waals surface area contributed by atoms with Gasteiger partial charge in [0.2, 0.25) is 0 Å². The van der Waals surface area contributed by atoms with Crippen molar-refractivity contribution in [3.8, 4) is 11.1 Å². The number of rotatable bonds is 5. The smallest absolute Gasteiger partial charge is 0.206 e. The van der Waals surface area contributed by atoms with Crippen LogP contribution in [0.25, 0.3) is 17.2 Å². The van der Waals surface area contributed by atoms with Crippen LogP contribution in [-0.2, 0) is 6.42 Å². The Bertz CT molecular complexity index is 689. The van der Waals surface area contributed by atoms with Gasteiger partial charge in [-0.15, -0.1) is 0 Å². The second kappa shape index (κ2) is 7.60. The van der Waals surface area contributed by atoms with Gasteiger partial charge in [0.1, 0.15) is 11.6 Å². The Morgan fingerprint density at radius 3 is 2.00 bits per heavy atom. The molecule has 128 valence electrons. The molecule has 0 N–H and O–H groups in total. The van der Waals surface area contributed by atoms with Crippen molar-refractivity contribution in [2.45, 2.75) is 32.4 Å². The summed E-state index contributed by atoms with van der Waals surface area (Å²) in [5, 5.41) is 0. The van der Waals surface area contributed by atoms with Gasteiger partial charge in [-0.2, -0.15) is 13.2 Å². The Balaban J connectivity index is 2.28. The minimum atomic E-state index is -4.62. The summed E-state index contributed by atoms with van der Waals surface area (Å²) in [6.07, 6.45) is -1.33. The molecule has 0 aliphatic heterocycles. The van der Waals surface area contributed by atoms with E-state index in [1.807, 2.05) is 12.1 Å². The van der Waals surface area contributed by atoms with Crippen molar-refractivity contribution in [3.63, 3.8) is 0 Å². The Morgan fingerprint density at radius 1 is 0.917 bits per heavy atom. The first kappa shape index (κ1) is 18.2. The molecule has 0 aromatic heterocycles. The molecule has 0 heterocycles. The van der Waals surface area contributed by atoms with Crippen LogP contribution in [0.3, 0.4) is 0 Å². The SMILES string of the molecule is CCCCc1ccc(-c2cc(F)c(C=CC(F)(F)F)c(F)c2)cc1. The van der Waals surface area contributed by atoms with Crippen molar-refractivity contribution in [3.05, 3.63) is 65.2 Å². The molecule has 0 aliphatic rings. The Hall–Kier alpha value is -2.17. The van der Waals surface area contributed by atoms with Crippen LogP contribution in [0, 0.1) is 11.6 Å². The highest BCUT2D eigenvalue weighted by Crippen LogP contribution is 2.27. The number of benzene rings is 2. The Kier molecular flexibility index (Phi) is 5.75. The van der Waals surface area contributed by atoms with E-state index in [-0.39, 0.29) is 11.6 Å². The summed E-state index contributed by atoms with van der Waals surface area (Å²) in [4.78, 5) is 0. The van der Waals surface area contributed by atoms with Gasteiger partial charge in [-0.3, -0.25) is 0 Å². The molecule has 0 atom stereocenters. The molecular formula is C19H17F5. The topological polar surface area (TPSA) is 0 Å². The number of unbranched alkanes of at least 4 members (excludes halogenated alkanes) is 1. The molecule has 5 heteroatoms. The predicted octanol–water partition coefficient (Wildman–Crippen LogP) is 6.55. The standard InChI is InChI=1S/C19H17F5/c1-2-3-4-13-5-7-14(8-6-13)15-11-17(20)16(18(21)12-15)9-10-19(22,23)24/h5-12H,2-4H2,1H3. The van der Waals surface area contributed by atoms with Crippen LogP contribution in [0.15, 0.2) is 42.5 Å². The predicted molar refractivity (Wildman–Crippen MR) is 85.5 cm³/mol. The fourth-order valence-corrected chi connectivity index (χ4v) is 2.33. The zero-order valence-electron chi connectivity index (χ0n) is 13.1. The molecule has 0 spiro atoms. The van der Waals surface area contributed by atoms with Crippen LogP contribution in [0.4, 0.5) is 22.0 Å². The van der Waals surface area contributed by atoms with Crippen molar-refractivity contribution in [1.29, 1.82) is 0 Å². The van der Waals surface area contributed by atoms with Crippen LogP contribution in [-0.4, -0.2) is 6.18 Å². The minimum absolute atomic E-state index is 0.184. The van der Waals surface area contributed by atoms with Crippen LogP contribution in [0.5, 0.6) is 0 Å². The first-order valence-electron chi connectivity index (χ1n) is 7.64. The lowest BCUT2D eigenvalue weighted by atomic mass is 10.00. The second-order valence-electron chi connectivity index (χ2n) is 5.53. The highest BCUT2D eigenvalue weighted by molar-refractivity contribution is 5.67. The van der Waals surface area contributed by atoms with E-state index < -0.39 is 23.4 Å². The zero-order chi connectivity index (χ0) is 17.7. The lowest BCUT2D eigenvalue weighted by Crippen LogP contribution is -2.01. The normalized spacial score (nSPS) is 12.1. The van der Waals surface area contributed by atoms with E-state index in [1.54, 1.807) is 12.1 Å². The van der Waals surface area contributed by atoms with Crippen molar-refractivity contribution in [2.75, 3.05) is 0 Å². The fraction of sp³-hybridized carbons (Fsp3) is 0.263. The number of allylic oxidation sites excluding steroid dienone is 1. The van der Waals surface area contributed by atoms with Gasteiger partial charge >= 0.3 is 6.18 Å². The number of hydrogen-bond acceptors (Lipinski definition) is 0. The van der Waals surface area contributed by atoms with E-state index in [0.717, 1.165) is 37.0 Å². The van der Waals surface area contributed by atoms with E-state index in [0.29, 0.717) is 11.6 Å². The van der Waals surface area contributed by atoms with E-state index in [9.17, 15) is 22.0 Å². The summed E-state index contributed by atoms with van der Waals surface area (Å²) >= 11 is 0. The fourth-order valence-electron chi connectivity index (χ4n) is 2.33. The quantitative estimate of drug-likeness (QED) is 0.541. The second-order valence-corrected chi connectivity index (χ2v) is 5.53. The third-order valence-corrected chi connectivity index (χ3v) is 3.62. The first-order valence-corrected chi connectivity index (χ1v) is 7.64. The molecular weight excluding hydrogens is 323 g/mol. The summed E-state index contributed by atoms with van der Waals surface area (Å²) in [7, 11) is 0. The van der Waals surface area contributed by atoms with Gasteiger partial charge in [0, 0.05) is 11.6 Å². The maximum Gasteiger partial charge on any atom is 0.409 e. The van der Waals surface area contributed by atoms with Crippen molar-refractivity contribution in [1.82, 2.24) is 0 Å². The molecule has 2 rings (SSSR count). The van der Waals surface area contributed by atoms with Gasteiger partial charge in [-0.25, -0.2) is 8.78 Å². The summed E-state index contributed by atoms with van der Waals surface area (Å²) in [6, 6.07) is 9.37.